The van der Waals surface area contributed by atoms with Crippen LogP contribution in [-0.4, -0.2) is 72.0 Å². The maximum absolute atomic E-state index is 14.1. The number of para-hydroxylation sites is 1. The molecule has 3 aliphatic rings. The minimum Gasteiger partial charge on any atom is -0.466 e. The first-order valence-corrected chi connectivity index (χ1v) is 11.2. The highest BCUT2D eigenvalue weighted by atomic mass is 16.6. The summed E-state index contributed by atoms with van der Waals surface area (Å²) in [5.74, 6) is -3.41. The van der Waals surface area contributed by atoms with Crippen LogP contribution in [0.15, 0.2) is 46.8 Å². The van der Waals surface area contributed by atoms with E-state index in [1.54, 1.807) is 19.9 Å². The largest absolute Gasteiger partial charge is 0.466 e. The number of carbonyl (C=O) groups is 3. The molecular weight excluding hydrogens is 476 g/mol. The van der Waals surface area contributed by atoms with Gasteiger partial charge in [0.15, 0.2) is 17.5 Å². The van der Waals surface area contributed by atoms with Crippen LogP contribution in [-0.2, 0) is 33.3 Å². The SMILES string of the molecule is COC(=O)C1=C(C)NC(C)=C(C(=O)[C@]2(O)CO[C@@H]3[C@H](OC(C)=O)CO[C@@H]32)C1c1ccccc1[N+](=O)[O-]. The van der Waals surface area contributed by atoms with E-state index in [-0.39, 0.29) is 29.0 Å². The second-order valence-corrected chi connectivity index (χ2v) is 8.87. The molecule has 2 fully saturated rings. The van der Waals surface area contributed by atoms with Gasteiger partial charge in [0.05, 0.1) is 36.7 Å². The second kappa shape index (κ2) is 9.45. The lowest BCUT2D eigenvalue weighted by molar-refractivity contribution is -0.385. The Bertz CT molecular complexity index is 1210. The van der Waals surface area contributed by atoms with E-state index < -0.39 is 59.1 Å². The number of hydrogen-bond acceptors (Lipinski definition) is 11. The number of allylic oxidation sites excluding steroid dienone is 2. The molecule has 1 aromatic carbocycles. The molecule has 1 aromatic rings. The van der Waals surface area contributed by atoms with Gasteiger partial charge in [0.2, 0.25) is 0 Å². The van der Waals surface area contributed by atoms with E-state index in [1.165, 1.54) is 25.1 Å². The van der Waals surface area contributed by atoms with Gasteiger partial charge in [-0.05, 0) is 13.8 Å². The van der Waals surface area contributed by atoms with Crippen LogP contribution in [0.3, 0.4) is 0 Å². The van der Waals surface area contributed by atoms with Crippen molar-refractivity contribution in [2.75, 3.05) is 20.3 Å². The van der Waals surface area contributed by atoms with Crippen LogP contribution in [0.25, 0.3) is 0 Å². The van der Waals surface area contributed by atoms with Crippen molar-refractivity contribution in [3.05, 3.63) is 62.5 Å². The van der Waals surface area contributed by atoms with E-state index in [1.807, 2.05) is 0 Å². The number of aliphatic hydroxyl groups is 1. The molecule has 0 aliphatic carbocycles. The van der Waals surface area contributed by atoms with Gasteiger partial charge in [-0.3, -0.25) is 19.7 Å². The monoisotopic (exact) mass is 502 g/mol. The van der Waals surface area contributed by atoms with Crippen LogP contribution in [0.5, 0.6) is 0 Å². The van der Waals surface area contributed by atoms with Crippen LogP contribution >= 0.6 is 0 Å². The predicted molar refractivity (Wildman–Crippen MR) is 121 cm³/mol. The standard InChI is InChI=1S/C24H26N2O10/c1-11-17(21(28)24(30)10-35-20-16(36-13(3)27)9-34-22(20)24)19(18(12(2)25-11)23(29)33-4)14-7-5-6-8-15(14)26(31)32/h5-8,16,19-20,22,25,30H,9-10H2,1-4H3/t16-,19?,20-,22+,24-/m1/s1. The Morgan fingerprint density at radius 1 is 1.17 bits per heavy atom. The summed E-state index contributed by atoms with van der Waals surface area (Å²) >= 11 is 0. The molecule has 0 spiro atoms. The number of fused-ring (bicyclic) bond motifs is 1. The lowest BCUT2D eigenvalue weighted by atomic mass is 9.74. The van der Waals surface area contributed by atoms with Crippen molar-refractivity contribution in [3.63, 3.8) is 0 Å². The van der Waals surface area contributed by atoms with Crippen molar-refractivity contribution in [2.45, 2.75) is 50.6 Å². The van der Waals surface area contributed by atoms with Crippen molar-refractivity contribution in [1.82, 2.24) is 5.32 Å². The third-order valence-corrected chi connectivity index (χ3v) is 6.64. The molecule has 3 aliphatic heterocycles. The molecule has 192 valence electrons. The summed E-state index contributed by atoms with van der Waals surface area (Å²) in [6.45, 7) is 3.84. The highest BCUT2D eigenvalue weighted by Crippen LogP contribution is 2.46. The number of nitrogens with one attached hydrogen (secondary N) is 1. The average molecular weight is 502 g/mol. The molecule has 12 heteroatoms. The highest BCUT2D eigenvalue weighted by Gasteiger charge is 2.62. The Balaban J connectivity index is 1.82. The van der Waals surface area contributed by atoms with Gasteiger partial charge in [-0.2, -0.15) is 0 Å². The van der Waals surface area contributed by atoms with Gasteiger partial charge in [-0.25, -0.2) is 4.79 Å². The fraction of sp³-hybridized carbons (Fsp3) is 0.458. The topological polar surface area (TPSA) is 164 Å². The number of rotatable bonds is 6. The number of hydrogen-bond donors (Lipinski definition) is 2. The molecule has 2 saturated heterocycles. The Hall–Kier alpha value is -3.61. The fourth-order valence-corrected chi connectivity index (χ4v) is 5.12. The maximum Gasteiger partial charge on any atom is 0.336 e. The number of methoxy groups -OCH3 is 1. The van der Waals surface area contributed by atoms with E-state index >= 15 is 0 Å². The molecule has 12 nitrogen and oxygen atoms in total. The second-order valence-electron chi connectivity index (χ2n) is 8.87. The van der Waals surface area contributed by atoms with E-state index in [9.17, 15) is 29.6 Å². The fourth-order valence-electron chi connectivity index (χ4n) is 5.12. The number of nitro groups is 1. The zero-order valence-electron chi connectivity index (χ0n) is 20.1. The molecular formula is C24H26N2O10. The summed E-state index contributed by atoms with van der Waals surface area (Å²) in [4.78, 5) is 49.6. The Labute approximate surface area is 206 Å². The molecule has 0 aromatic heterocycles. The molecule has 2 N–H and O–H groups in total. The van der Waals surface area contributed by atoms with Crippen molar-refractivity contribution in [3.8, 4) is 0 Å². The van der Waals surface area contributed by atoms with Crippen molar-refractivity contribution in [1.29, 1.82) is 0 Å². The summed E-state index contributed by atoms with van der Waals surface area (Å²) in [6, 6.07) is 5.75. The lowest BCUT2D eigenvalue weighted by Crippen LogP contribution is -2.53. The predicted octanol–water partition coefficient (Wildman–Crippen LogP) is 1.03. The van der Waals surface area contributed by atoms with Gasteiger partial charge in [-0.15, -0.1) is 0 Å². The van der Waals surface area contributed by atoms with Crippen molar-refractivity contribution < 1.29 is 43.4 Å². The zero-order chi connectivity index (χ0) is 26.4. The normalized spacial score (nSPS) is 29.5. The minimum absolute atomic E-state index is 0.00931. The van der Waals surface area contributed by atoms with E-state index in [2.05, 4.69) is 5.32 Å². The number of benzene rings is 1. The quantitative estimate of drug-likeness (QED) is 0.324. The van der Waals surface area contributed by atoms with Gasteiger partial charge < -0.3 is 29.4 Å². The van der Waals surface area contributed by atoms with Crippen LogP contribution < -0.4 is 5.32 Å². The van der Waals surface area contributed by atoms with Gasteiger partial charge in [0.1, 0.15) is 12.2 Å². The highest BCUT2D eigenvalue weighted by molar-refractivity contribution is 6.08. The summed E-state index contributed by atoms with van der Waals surface area (Å²) in [5, 5.41) is 26.4. The third-order valence-electron chi connectivity index (χ3n) is 6.64. The van der Waals surface area contributed by atoms with Crippen molar-refractivity contribution in [2.24, 2.45) is 0 Å². The molecule has 1 unspecified atom stereocenters. The number of ketones is 1. The minimum atomic E-state index is -2.20. The lowest BCUT2D eigenvalue weighted by Gasteiger charge is -2.34. The van der Waals surface area contributed by atoms with Crippen molar-refractivity contribution >= 4 is 23.4 Å². The van der Waals surface area contributed by atoms with Gasteiger partial charge in [0.25, 0.3) is 5.69 Å². The molecule has 0 radical (unpaired) electrons. The van der Waals surface area contributed by atoms with Crippen LogP contribution in [0.1, 0.15) is 32.3 Å². The van der Waals surface area contributed by atoms with Crippen LogP contribution in [0, 0.1) is 10.1 Å². The Morgan fingerprint density at radius 2 is 1.83 bits per heavy atom. The summed E-state index contributed by atoms with van der Waals surface area (Å²) in [6.07, 6.45) is -2.86. The summed E-state index contributed by atoms with van der Waals surface area (Å²) in [7, 11) is 1.16. The molecule has 0 amide bonds. The molecule has 3 heterocycles. The summed E-state index contributed by atoms with van der Waals surface area (Å²) in [5.41, 5.74) is -1.87. The first kappa shape index (κ1) is 25.5. The number of ether oxygens (including phenoxy) is 4. The molecule has 36 heavy (non-hydrogen) atoms. The van der Waals surface area contributed by atoms with Gasteiger partial charge in [-0.1, -0.05) is 18.2 Å². The molecule has 0 saturated carbocycles. The number of carbonyl (C=O) groups excluding carboxylic acids is 3. The average Bonchev–Trinajstić information content (AvgIpc) is 3.39. The molecule has 0 bridgehead atoms. The number of esters is 2. The van der Waals surface area contributed by atoms with E-state index in [0.717, 1.165) is 7.11 Å². The molecule has 4 rings (SSSR count). The Morgan fingerprint density at radius 3 is 2.47 bits per heavy atom. The van der Waals surface area contributed by atoms with E-state index in [0.29, 0.717) is 11.4 Å². The smallest absolute Gasteiger partial charge is 0.336 e. The number of dihydropyridines is 1. The maximum atomic E-state index is 14.1. The third kappa shape index (κ3) is 4.06. The first-order valence-electron chi connectivity index (χ1n) is 11.2. The van der Waals surface area contributed by atoms with Crippen LogP contribution in [0.4, 0.5) is 5.69 Å². The summed E-state index contributed by atoms with van der Waals surface area (Å²) < 4.78 is 21.4. The first-order chi connectivity index (χ1) is 17.0. The number of Topliss-reactive ketones (excluding diaryl/α,β-unsaturated/α-hetero) is 1. The van der Waals surface area contributed by atoms with Gasteiger partial charge >= 0.3 is 11.9 Å². The zero-order valence-corrected chi connectivity index (χ0v) is 20.1. The van der Waals surface area contributed by atoms with E-state index in [4.69, 9.17) is 18.9 Å². The Kier molecular flexibility index (Phi) is 6.69. The number of nitro benzene ring substituents is 1. The van der Waals surface area contributed by atoms with Gasteiger partial charge in [0, 0.05) is 35.5 Å². The van der Waals surface area contributed by atoms with Crippen LogP contribution in [0.2, 0.25) is 0 Å². The number of nitrogens with zero attached hydrogens (tertiary/aromatic N) is 1. The molecule has 5 atom stereocenters.